The number of benzene rings is 1. The van der Waals surface area contributed by atoms with E-state index in [1.54, 1.807) is 0 Å². The summed E-state index contributed by atoms with van der Waals surface area (Å²) in [6.45, 7) is 5.69. The van der Waals surface area contributed by atoms with Crippen LogP contribution in [0.4, 0.5) is 0 Å². The highest BCUT2D eigenvalue weighted by Gasteiger charge is 2.27. The Morgan fingerprint density at radius 3 is 2.67 bits per heavy atom. The second kappa shape index (κ2) is 5.08. The van der Waals surface area contributed by atoms with E-state index in [0.29, 0.717) is 6.61 Å². The summed E-state index contributed by atoms with van der Waals surface area (Å²) in [6, 6.07) is 8.22. The van der Waals surface area contributed by atoms with Crippen LogP contribution in [-0.4, -0.2) is 29.5 Å². The molecule has 1 aromatic carbocycles. The van der Waals surface area contributed by atoms with Gasteiger partial charge in [0.05, 0.1) is 30.0 Å². The maximum atomic E-state index is 5.80. The van der Waals surface area contributed by atoms with Crippen molar-refractivity contribution in [2.24, 2.45) is 0 Å². The molecule has 4 heteroatoms. The van der Waals surface area contributed by atoms with Crippen LogP contribution in [0.3, 0.4) is 0 Å². The molecule has 18 heavy (non-hydrogen) atoms. The molecule has 0 unspecified atom stereocenters. The van der Waals surface area contributed by atoms with Crippen LogP contribution in [0.15, 0.2) is 24.3 Å². The topological polar surface area (TPSA) is 39.1 Å². The Morgan fingerprint density at radius 2 is 1.94 bits per heavy atom. The fourth-order valence-electron chi connectivity index (χ4n) is 2.09. The van der Waals surface area contributed by atoms with Crippen LogP contribution in [0.2, 0.25) is 0 Å². The van der Waals surface area contributed by atoms with Gasteiger partial charge in [0.2, 0.25) is 0 Å². The standard InChI is InChI=1S/C12H14N2O.C2H7N/c1-12(2)8-14-11(7-15-12)9-5-3-4-6-10(9)13-14;1-3-2/h3-6H,7-8H2,1-2H3;3H,1-2H3. The lowest BCUT2D eigenvalue weighted by atomic mass is 10.1. The van der Waals surface area contributed by atoms with Crippen molar-refractivity contribution in [3.8, 4) is 0 Å². The third kappa shape index (κ3) is 2.54. The number of nitrogens with one attached hydrogen (secondary N) is 1. The van der Waals surface area contributed by atoms with Crippen LogP contribution in [0.5, 0.6) is 0 Å². The van der Waals surface area contributed by atoms with Crippen molar-refractivity contribution in [2.75, 3.05) is 14.1 Å². The van der Waals surface area contributed by atoms with Crippen molar-refractivity contribution in [3.05, 3.63) is 30.0 Å². The monoisotopic (exact) mass is 247 g/mol. The van der Waals surface area contributed by atoms with Gasteiger partial charge in [-0.15, -0.1) is 0 Å². The average molecular weight is 247 g/mol. The van der Waals surface area contributed by atoms with Crippen molar-refractivity contribution in [1.82, 2.24) is 15.1 Å². The van der Waals surface area contributed by atoms with Crippen molar-refractivity contribution >= 4 is 10.9 Å². The number of nitrogens with zero attached hydrogens (tertiary/aromatic N) is 2. The van der Waals surface area contributed by atoms with Crippen LogP contribution in [-0.2, 0) is 17.9 Å². The molecule has 1 aliphatic heterocycles. The van der Waals surface area contributed by atoms with Crippen molar-refractivity contribution in [2.45, 2.75) is 32.6 Å². The van der Waals surface area contributed by atoms with Crippen LogP contribution in [0.25, 0.3) is 10.9 Å². The first-order valence-electron chi connectivity index (χ1n) is 6.24. The molecule has 2 aromatic rings. The largest absolute Gasteiger partial charge is 0.367 e. The summed E-state index contributed by atoms with van der Waals surface area (Å²) in [5, 5.41) is 8.55. The number of aromatic nitrogens is 2. The van der Waals surface area contributed by atoms with E-state index in [2.05, 4.69) is 35.0 Å². The van der Waals surface area contributed by atoms with Crippen LogP contribution in [0, 0.1) is 0 Å². The van der Waals surface area contributed by atoms with Crippen LogP contribution < -0.4 is 5.32 Å². The van der Waals surface area contributed by atoms with Crippen molar-refractivity contribution < 1.29 is 4.74 Å². The molecule has 0 amide bonds. The number of fused-ring (bicyclic) bond motifs is 3. The third-order valence-electron chi connectivity index (χ3n) is 2.89. The zero-order valence-corrected chi connectivity index (χ0v) is 11.5. The normalized spacial score (nSPS) is 16.9. The van der Waals surface area contributed by atoms with Gasteiger partial charge in [0.15, 0.2) is 0 Å². The molecular formula is C14H21N3O. The molecule has 0 aliphatic carbocycles. The Labute approximate surface area is 108 Å². The Hall–Kier alpha value is -1.39. The molecule has 1 aliphatic rings. The van der Waals surface area contributed by atoms with E-state index in [0.717, 1.165) is 12.1 Å². The molecule has 0 saturated carbocycles. The van der Waals surface area contributed by atoms with Gasteiger partial charge in [0, 0.05) is 5.39 Å². The van der Waals surface area contributed by atoms with Crippen molar-refractivity contribution in [1.29, 1.82) is 0 Å². The second-order valence-corrected chi connectivity index (χ2v) is 5.17. The summed E-state index contributed by atoms with van der Waals surface area (Å²) in [4.78, 5) is 0. The number of ether oxygens (including phenoxy) is 1. The van der Waals surface area contributed by atoms with Crippen LogP contribution in [0.1, 0.15) is 19.5 Å². The van der Waals surface area contributed by atoms with E-state index in [4.69, 9.17) is 4.74 Å². The number of rotatable bonds is 0. The predicted molar refractivity (Wildman–Crippen MR) is 73.6 cm³/mol. The molecule has 0 atom stereocenters. The highest BCUT2D eigenvalue weighted by atomic mass is 16.5. The molecule has 0 fully saturated rings. The average Bonchev–Trinajstić information content (AvgIpc) is 2.65. The van der Waals surface area contributed by atoms with E-state index in [1.165, 1.54) is 11.1 Å². The SMILES string of the molecule is CC1(C)Cn2nc3ccccc3c2CO1.CNC. The summed E-state index contributed by atoms with van der Waals surface area (Å²) in [7, 11) is 3.75. The summed E-state index contributed by atoms with van der Waals surface area (Å²) in [5.74, 6) is 0. The van der Waals surface area contributed by atoms with Gasteiger partial charge in [-0.2, -0.15) is 5.10 Å². The molecule has 0 radical (unpaired) electrons. The van der Waals surface area contributed by atoms with Gasteiger partial charge in [-0.3, -0.25) is 4.68 Å². The highest BCUT2D eigenvalue weighted by molar-refractivity contribution is 5.81. The summed E-state index contributed by atoms with van der Waals surface area (Å²) >= 11 is 0. The minimum atomic E-state index is -0.102. The first kappa shape index (κ1) is 13.1. The first-order valence-corrected chi connectivity index (χ1v) is 6.24. The van der Waals surface area contributed by atoms with Gasteiger partial charge < -0.3 is 10.1 Å². The Morgan fingerprint density at radius 1 is 1.28 bits per heavy atom. The van der Waals surface area contributed by atoms with Gasteiger partial charge in [0.25, 0.3) is 0 Å². The Balaban J connectivity index is 0.000000367. The van der Waals surface area contributed by atoms with E-state index >= 15 is 0 Å². The zero-order chi connectivity index (χ0) is 13.2. The number of hydrogen-bond donors (Lipinski definition) is 1. The van der Waals surface area contributed by atoms with Crippen molar-refractivity contribution in [3.63, 3.8) is 0 Å². The van der Waals surface area contributed by atoms with E-state index in [1.807, 2.05) is 32.3 Å². The smallest absolute Gasteiger partial charge is 0.0927 e. The molecule has 2 heterocycles. The van der Waals surface area contributed by atoms with E-state index < -0.39 is 0 Å². The molecular weight excluding hydrogens is 226 g/mol. The molecule has 0 saturated heterocycles. The minimum Gasteiger partial charge on any atom is -0.367 e. The molecule has 0 spiro atoms. The van der Waals surface area contributed by atoms with Gasteiger partial charge in [0.1, 0.15) is 0 Å². The quantitative estimate of drug-likeness (QED) is 0.775. The van der Waals surface area contributed by atoms with Gasteiger partial charge >= 0.3 is 0 Å². The zero-order valence-electron chi connectivity index (χ0n) is 11.5. The van der Waals surface area contributed by atoms with E-state index in [-0.39, 0.29) is 5.60 Å². The predicted octanol–water partition coefficient (Wildman–Crippen LogP) is 2.18. The van der Waals surface area contributed by atoms with Gasteiger partial charge in [-0.05, 0) is 34.0 Å². The maximum Gasteiger partial charge on any atom is 0.0927 e. The maximum absolute atomic E-state index is 5.80. The lowest BCUT2D eigenvalue weighted by molar-refractivity contribution is -0.0653. The van der Waals surface area contributed by atoms with Gasteiger partial charge in [-0.1, -0.05) is 18.2 Å². The molecule has 1 aromatic heterocycles. The fourth-order valence-corrected chi connectivity index (χ4v) is 2.09. The lowest BCUT2D eigenvalue weighted by Crippen LogP contribution is -2.36. The lowest BCUT2D eigenvalue weighted by Gasteiger charge is -2.30. The molecule has 4 nitrogen and oxygen atoms in total. The Kier molecular flexibility index (Phi) is 3.68. The number of hydrogen-bond acceptors (Lipinski definition) is 3. The highest BCUT2D eigenvalue weighted by Crippen LogP contribution is 2.27. The second-order valence-electron chi connectivity index (χ2n) is 5.17. The van der Waals surface area contributed by atoms with Gasteiger partial charge in [-0.25, -0.2) is 0 Å². The fraction of sp³-hybridized carbons (Fsp3) is 0.500. The molecule has 3 rings (SSSR count). The minimum absolute atomic E-state index is 0.102. The molecule has 98 valence electrons. The molecule has 1 N–H and O–H groups in total. The van der Waals surface area contributed by atoms with Crippen LogP contribution >= 0.6 is 0 Å². The Bertz CT molecular complexity index is 531. The summed E-state index contributed by atoms with van der Waals surface area (Å²) in [6.07, 6.45) is 0. The summed E-state index contributed by atoms with van der Waals surface area (Å²) < 4.78 is 7.87. The third-order valence-corrected chi connectivity index (χ3v) is 2.89. The summed E-state index contributed by atoms with van der Waals surface area (Å²) in [5.41, 5.74) is 2.16. The van der Waals surface area contributed by atoms with E-state index in [9.17, 15) is 0 Å². The first-order chi connectivity index (χ1) is 8.57. The molecule has 0 bridgehead atoms.